The SMILES string of the molecule is I.NC(=NCC(=O)NC1CC1)N1CCCCC1. The molecule has 1 heterocycles. The summed E-state index contributed by atoms with van der Waals surface area (Å²) in [6.45, 7) is 2.11. The van der Waals surface area contributed by atoms with Crippen molar-refractivity contribution in [3.8, 4) is 0 Å². The van der Waals surface area contributed by atoms with E-state index in [4.69, 9.17) is 5.73 Å². The fourth-order valence-electron chi connectivity index (χ4n) is 1.88. The van der Waals surface area contributed by atoms with Crippen LogP contribution in [0.15, 0.2) is 4.99 Å². The first-order valence-corrected chi connectivity index (χ1v) is 6.10. The number of nitrogens with zero attached hydrogens (tertiary/aromatic N) is 2. The van der Waals surface area contributed by atoms with Crippen LogP contribution >= 0.6 is 24.0 Å². The zero-order valence-corrected chi connectivity index (χ0v) is 12.4. The molecule has 17 heavy (non-hydrogen) atoms. The van der Waals surface area contributed by atoms with E-state index >= 15 is 0 Å². The van der Waals surface area contributed by atoms with Gasteiger partial charge in [0.05, 0.1) is 0 Å². The molecule has 0 unspecified atom stereocenters. The lowest BCUT2D eigenvalue weighted by atomic mass is 10.1. The second-order valence-electron chi connectivity index (χ2n) is 4.56. The van der Waals surface area contributed by atoms with Crippen LogP contribution in [0.25, 0.3) is 0 Å². The first-order valence-electron chi connectivity index (χ1n) is 6.10. The normalized spacial score (nSPS) is 20.7. The number of likely N-dealkylation sites (tertiary alicyclic amines) is 1. The van der Waals surface area contributed by atoms with Crippen molar-refractivity contribution in [2.45, 2.75) is 38.1 Å². The Hall–Kier alpha value is -0.530. The number of carbonyl (C=O) groups is 1. The summed E-state index contributed by atoms with van der Waals surface area (Å²) in [5, 5.41) is 2.89. The van der Waals surface area contributed by atoms with Gasteiger partial charge in [-0.2, -0.15) is 0 Å². The van der Waals surface area contributed by atoms with Gasteiger partial charge in [-0.25, -0.2) is 4.99 Å². The molecule has 98 valence electrons. The second kappa shape index (κ2) is 7.03. The molecular weight excluding hydrogens is 331 g/mol. The van der Waals surface area contributed by atoms with Gasteiger partial charge in [0.1, 0.15) is 6.54 Å². The van der Waals surface area contributed by atoms with Crippen LogP contribution in [0.4, 0.5) is 0 Å². The summed E-state index contributed by atoms with van der Waals surface area (Å²) in [6, 6.07) is 0.402. The number of amides is 1. The Kier molecular flexibility index (Phi) is 6.01. The Balaban J connectivity index is 0.00000144. The number of nitrogens with one attached hydrogen (secondary N) is 1. The van der Waals surface area contributed by atoms with E-state index in [1.54, 1.807) is 0 Å². The molecular formula is C11H21IN4O. The zero-order chi connectivity index (χ0) is 11.4. The van der Waals surface area contributed by atoms with E-state index in [1.807, 2.05) is 0 Å². The molecule has 1 saturated carbocycles. The minimum atomic E-state index is -0.0116. The Morgan fingerprint density at radius 3 is 2.53 bits per heavy atom. The van der Waals surface area contributed by atoms with Crippen LogP contribution in [0.3, 0.4) is 0 Å². The molecule has 2 rings (SSSR count). The molecule has 6 heteroatoms. The fraction of sp³-hybridized carbons (Fsp3) is 0.818. The zero-order valence-electron chi connectivity index (χ0n) is 10.0. The lowest BCUT2D eigenvalue weighted by Gasteiger charge is -2.27. The van der Waals surface area contributed by atoms with E-state index in [-0.39, 0.29) is 36.4 Å². The standard InChI is InChI=1S/C11H20N4O.HI/c12-11(15-6-2-1-3-7-15)13-8-10(16)14-9-4-5-9;/h9H,1-8H2,(H2,12,13)(H,14,16);1H. The van der Waals surface area contributed by atoms with Gasteiger partial charge in [0, 0.05) is 19.1 Å². The van der Waals surface area contributed by atoms with Crippen molar-refractivity contribution in [3.63, 3.8) is 0 Å². The summed E-state index contributed by atoms with van der Waals surface area (Å²) in [5.74, 6) is 0.508. The Morgan fingerprint density at radius 2 is 1.94 bits per heavy atom. The van der Waals surface area contributed by atoms with Crippen molar-refractivity contribution in [3.05, 3.63) is 0 Å². The minimum Gasteiger partial charge on any atom is -0.370 e. The van der Waals surface area contributed by atoms with E-state index in [2.05, 4.69) is 15.2 Å². The maximum atomic E-state index is 11.4. The third-order valence-corrected chi connectivity index (χ3v) is 3.01. The van der Waals surface area contributed by atoms with Crippen LogP contribution in [0.1, 0.15) is 32.1 Å². The van der Waals surface area contributed by atoms with Gasteiger partial charge in [-0.3, -0.25) is 4.79 Å². The monoisotopic (exact) mass is 352 g/mol. The number of halogens is 1. The van der Waals surface area contributed by atoms with Crippen LogP contribution in [-0.2, 0) is 4.79 Å². The number of nitrogens with two attached hydrogens (primary N) is 1. The quantitative estimate of drug-likeness (QED) is 0.446. The number of rotatable bonds is 3. The predicted octanol–water partition coefficient (Wildman–Crippen LogP) is 0.684. The van der Waals surface area contributed by atoms with Gasteiger partial charge in [0.2, 0.25) is 5.91 Å². The van der Waals surface area contributed by atoms with Crippen molar-refractivity contribution in [1.82, 2.24) is 10.2 Å². The molecule has 2 aliphatic rings. The predicted molar refractivity (Wildman–Crippen MR) is 78.5 cm³/mol. The highest BCUT2D eigenvalue weighted by Gasteiger charge is 2.23. The molecule has 1 aliphatic carbocycles. The first kappa shape index (κ1) is 14.5. The number of hydrogen-bond acceptors (Lipinski definition) is 2. The lowest BCUT2D eigenvalue weighted by Crippen LogP contribution is -2.41. The largest absolute Gasteiger partial charge is 0.370 e. The number of carbonyl (C=O) groups excluding carboxylic acids is 1. The summed E-state index contributed by atoms with van der Waals surface area (Å²) in [5.41, 5.74) is 5.84. The summed E-state index contributed by atoms with van der Waals surface area (Å²) in [4.78, 5) is 17.6. The summed E-state index contributed by atoms with van der Waals surface area (Å²) >= 11 is 0. The molecule has 5 nitrogen and oxygen atoms in total. The number of aliphatic imine (C=N–C) groups is 1. The van der Waals surface area contributed by atoms with Crippen molar-refractivity contribution in [1.29, 1.82) is 0 Å². The van der Waals surface area contributed by atoms with E-state index < -0.39 is 0 Å². The Morgan fingerprint density at radius 1 is 1.29 bits per heavy atom. The van der Waals surface area contributed by atoms with E-state index in [9.17, 15) is 4.79 Å². The van der Waals surface area contributed by atoms with Crippen LogP contribution < -0.4 is 11.1 Å². The maximum absolute atomic E-state index is 11.4. The Bertz CT molecular complexity index is 285. The Labute approximate surface area is 119 Å². The van der Waals surface area contributed by atoms with Crippen molar-refractivity contribution >= 4 is 35.8 Å². The summed E-state index contributed by atoms with van der Waals surface area (Å²) in [6.07, 6.45) is 5.83. The molecule has 0 spiro atoms. The van der Waals surface area contributed by atoms with Crippen molar-refractivity contribution in [2.75, 3.05) is 19.6 Å². The first-order chi connectivity index (χ1) is 7.75. The van der Waals surface area contributed by atoms with Crippen LogP contribution in [0.2, 0.25) is 0 Å². The molecule has 0 aromatic carbocycles. The molecule has 1 saturated heterocycles. The average molecular weight is 352 g/mol. The highest BCUT2D eigenvalue weighted by molar-refractivity contribution is 14.0. The van der Waals surface area contributed by atoms with Crippen molar-refractivity contribution < 1.29 is 4.79 Å². The van der Waals surface area contributed by atoms with E-state index in [0.29, 0.717) is 12.0 Å². The van der Waals surface area contributed by atoms with E-state index in [0.717, 1.165) is 25.9 Å². The minimum absolute atomic E-state index is 0. The van der Waals surface area contributed by atoms with Crippen molar-refractivity contribution in [2.24, 2.45) is 10.7 Å². The number of hydrogen-bond donors (Lipinski definition) is 2. The molecule has 0 aromatic rings. The number of piperidine rings is 1. The average Bonchev–Trinajstić information content (AvgIpc) is 3.11. The van der Waals surface area contributed by atoms with Gasteiger partial charge in [-0.15, -0.1) is 24.0 Å². The maximum Gasteiger partial charge on any atom is 0.242 e. The van der Waals surface area contributed by atoms with Gasteiger partial charge in [0.25, 0.3) is 0 Å². The second-order valence-corrected chi connectivity index (χ2v) is 4.56. The summed E-state index contributed by atoms with van der Waals surface area (Å²) < 4.78 is 0. The van der Waals surface area contributed by atoms with Crippen LogP contribution in [-0.4, -0.2) is 42.4 Å². The molecule has 1 aliphatic heterocycles. The van der Waals surface area contributed by atoms with Gasteiger partial charge in [-0.05, 0) is 32.1 Å². The van der Waals surface area contributed by atoms with E-state index in [1.165, 1.54) is 19.3 Å². The van der Waals surface area contributed by atoms with Gasteiger partial charge < -0.3 is 16.0 Å². The molecule has 0 aromatic heterocycles. The lowest BCUT2D eigenvalue weighted by molar-refractivity contribution is -0.119. The molecule has 0 atom stereocenters. The fourth-order valence-corrected chi connectivity index (χ4v) is 1.88. The van der Waals surface area contributed by atoms with Crippen LogP contribution in [0.5, 0.6) is 0 Å². The molecule has 2 fully saturated rings. The highest BCUT2D eigenvalue weighted by Crippen LogP contribution is 2.18. The molecule has 1 amide bonds. The van der Waals surface area contributed by atoms with Gasteiger partial charge >= 0.3 is 0 Å². The van der Waals surface area contributed by atoms with Crippen LogP contribution in [0, 0.1) is 0 Å². The van der Waals surface area contributed by atoms with Gasteiger partial charge in [0.15, 0.2) is 5.96 Å². The third-order valence-electron chi connectivity index (χ3n) is 3.01. The highest BCUT2D eigenvalue weighted by atomic mass is 127. The molecule has 3 N–H and O–H groups in total. The molecule has 0 radical (unpaired) electrons. The smallest absolute Gasteiger partial charge is 0.242 e. The van der Waals surface area contributed by atoms with Gasteiger partial charge in [-0.1, -0.05) is 0 Å². The third kappa shape index (κ3) is 5.10. The summed E-state index contributed by atoms with van der Waals surface area (Å²) in [7, 11) is 0. The molecule has 0 bridgehead atoms. The topological polar surface area (TPSA) is 70.7 Å². The number of guanidine groups is 1.